The van der Waals surface area contributed by atoms with E-state index in [2.05, 4.69) is 10.2 Å². The molecule has 0 spiro atoms. The Labute approximate surface area is 169 Å². The summed E-state index contributed by atoms with van der Waals surface area (Å²) in [5, 5.41) is 6.46. The summed E-state index contributed by atoms with van der Waals surface area (Å²) in [4.78, 5) is 37.3. The molecule has 0 unspecified atom stereocenters. The third kappa shape index (κ3) is 6.71. The molecule has 1 N–H and O–H groups in total. The quantitative estimate of drug-likeness (QED) is 0.366. The fourth-order valence-corrected chi connectivity index (χ4v) is 2.38. The third-order valence-corrected chi connectivity index (χ3v) is 3.42. The summed E-state index contributed by atoms with van der Waals surface area (Å²) >= 11 is 0. The van der Waals surface area contributed by atoms with Gasteiger partial charge in [0.2, 0.25) is 0 Å². The average molecular weight is 398 g/mol. The van der Waals surface area contributed by atoms with Gasteiger partial charge in [0.1, 0.15) is 16.8 Å². The van der Waals surface area contributed by atoms with Crippen LogP contribution in [0.3, 0.4) is 0 Å². The van der Waals surface area contributed by atoms with Crippen molar-refractivity contribution in [1.29, 1.82) is 0 Å². The van der Waals surface area contributed by atoms with E-state index in [1.807, 2.05) is 18.2 Å². The maximum atomic E-state index is 12.7. The maximum absolute atomic E-state index is 12.7. The van der Waals surface area contributed by atoms with E-state index in [9.17, 15) is 14.4 Å². The molecule has 7 heteroatoms. The zero-order valence-corrected chi connectivity index (χ0v) is 17.5. The highest BCUT2D eigenvalue weighted by molar-refractivity contribution is 6.18. The summed E-state index contributed by atoms with van der Waals surface area (Å²) in [5.74, 6) is -1.68. The van der Waals surface area contributed by atoms with Gasteiger partial charge in [0, 0.05) is 17.2 Å². The number of carbonyl (C=O) groups excluding carboxylic acids is 2. The summed E-state index contributed by atoms with van der Waals surface area (Å²) in [5.41, 5.74) is -0.994. The van der Waals surface area contributed by atoms with Crippen LogP contribution in [-0.4, -0.2) is 33.3 Å². The summed E-state index contributed by atoms with van der Waals surface area (Å²) in [6.07, 6.45) is 1.28. The number of ether oxygens (including phenoxy) is 2. The fourth-order valence-electron chi connectivity index (χ4n) is 2.38. The minimum atomic E-state index is -0.842. The van der Waals surface area contributed by atoms with Crippen LogP contribution in [0.15, 0.2) is 46.8 Å². The summed E-state index contributed by atoms with van der Waals surface area (Å²) < 4.78 is 10.7. The molecule has 2 rings (SSSR count). The Bertz CT molecular complexity index is 947. The molecule has 1 aromatic carbocycles. The van der Waals surface area contributed by atoms with E-state index in [-0.39, 0.29) is 5.57 Å². The van der Waals surface area contributed by atoms with Gasteiger partial charge in [0.05, 0.1) is 5.69 Å². The standard InChI is InChI=1S/C22H26N2O5/c1-21(2,3)28-19(26)16(20(27)29-22(4,5)6)12-15-13-17(25)23-24-18(15)14-10-8-7-9-11-14/h7-13H,1-6H3,(H,23,25). The number of H-pyrrole nitrogens is 1. The molecular weight excluding hydrogens is 372 g/mol. The molecule has 0 fully saturated rings. The van der Waals surface area contributed by atoms with Crippen LogP contribution in [0.4, 0.5) is 0 Å². The van der Waals surface area contributed by atoms with Gasteiger partial charge in [0.15, 0.2) is 0 Å². The SMILES string of the molecule is CC(C)(C)OC(=O)C(=Cc1cc(=O)[nH]nc1-c1ccccc1)C(=O)OC(C)(C)C. The average Bonchev–Trinajstić information content (AvgIpc) is 2.57. The highest BCUT2D eigenvalue weighted by atomic mass is 16.6. The van der Waals surface area contributed by atoms with Gasteiger partial charge in [-0.05, 0) is 47.6 Å². The Morgan fingerprint density at radius 1 is 0.931 bits per heavy atom. The minimum Gasteiger partial charge on any atom is -0.456 e. The molecule has 2 aromatic rings. The Balaban J connectivity index is 2.61. The molecule has 154 valence electrons. The van der Waals surface area contributed by atoms with Crippen molar-refractivity contribution in [2.24, 2.45) is 0 Å². The monoisotopic (exact) mass is 398 g/mol. The Kier molecular flexibility index (Phi) is 6.41. The Morgan fingerprint density at radius 2 is 1.45 bits per heavy atom. The second kappa shape index (κ2) is 8.43. The van der Waals surface area contributed by atoms with Crippen molar-refractivity contribution in [2.75, 3.05) is 0 Å². The number of aromatic amines is 1. The van der Waals surface area contributed by atoms with Crippen molar-refractivity contribution in [2.45, 2.75) is 52.7 Å². The molecule has 0 saturated carbocycles. The first-order chi connectivity index (χ1) is 13.4. The second-order valence-corrected chi connectivity index (χ2v) is 8.46. The van der Waals surface area contributed by atoms with Gasteiger partial charge in [-0.1, -0.05) is 30.3 Å². The van der Waals surface area contributed by atoms with Crippen LogP contribution < -0.4 is 5.56 Å². The van der Waals surface area contributed by atoms with Crippen molar-refractivity contribution >= 4 is 18.0 Å². The van der Waals surface area contributed by atoms with Gasteiger partial charge in [-0.2, -0.15) is 5.10 Å². The lowest BCUT2D eigenvalue weighted by atomic mass is 10.0. The van der Waals surface area contributed by atoms with Crippen LogP contribution in [0.1, 0.15) is 47.1 Å². The zero-order chi connectivity index (χ0) is 21.8. The number of hydrogen-bond acceptors (Lipinski definition) is 6. The number of hydrogen-bond donors (Lipinski definition) is 1. The Hall–Kier alpha value is -3.22. The number of esters is 2. The third-order valence-electron chi connectivity index (χ3n) is 3.42. The summed E-state index contributed by atoms with van der Waals surface area (Å²) in [7, 11) is 0. The molecule has 0 aliphatic rings. The van der Waals surface area contributed by atoms with Crippen LogP contribution in [-0.2, 0) is 19.1 Å². The first-order valence-electron chi connectivity index (χ1n) is 9.19. The normalized spacial score (nSPS) is 11.5. The molecule has 0 radical (unpaired) electrons. The molecule has 0 atom stereocenters. The van der Waals surface area contributed by atoms with Crippen molar-refractivity contribution in [1.82, 2.24) is 10.2 Å². The van der Waals surface area contributed by atoms with Crippen molar-refractivity contribution in [3.8, 4) is 11.3 Å². The first kappa shape index (κ1) is 22.1. The molecule has 7 nitrogen and oxygen atoms in total. The lowest BCUT2D eigenvalue weighted by Crippen LogP contribution is -2.31. The van der Waals surface area contributed by atoms with E-state index >= 15 is 0 Å². The molecule has 0 aliphatic heterocycles. The molecule has 0 amide bonds. The van der Waals surface area contributed by atoms with Gasteiger partial charge < -0.3 is 9.47 Å². The van der Waals surface area contributed by atoms with E-state index in [4.69, 9.17) is 9.47 Å². The summed E-state index contributed by atoms with van der Waals surface area (Å²) in [6.45, 7) is 10.2. The fraction of sp³-hybridized carbons (Fsp3) is 0.364. The number of rotatable bonds is 4. The molecule has 0 bridgehead atoms. The van der Waals surface area contributed by atoms with E-state index in [0.717, 1.165) is 0 Å². The second-order valence-electron chi connectivity index (χ2n) is 8.46. The van der Waals surface area contributed by atoms with Gasteiger partial charge >= 0.3 is 11.9 Å². The van der Waals surface area contributed by atoms with Crippen LogP contribution in [0.5, 0.6) is 0 Å². The van der Waals surface area contributed by atoms with Gasteiger partial charge in [-0.25, -0.2) is 14.7 Å². The topological polar surface area (TPSA) is 98.4 Å². The van der Waals surface area contributed by atoms with Gasteiger partial charge in [0.25, 0.3) is 5.56 Å². The highest BCUT2D eigenvalue weighted by Gasteiger charge is 2.29. The number of benzene rings is 1. The number of carbonyl (C=O) groups is 2. The van der Waals surface area contributed by atoms with Crippen LogP contribution in [0.25, 0.3) is 17.3 Å². The van der Waals surface area contributed by atoms with E-state index in [0.29, 0.717) is 16.8 Å². The lowest BCUT2D eigenvalue weighted by molar-refractivity contribution is -0.158. The van der Waals surface area contributed by atoms with E-state index < -0.39 is 28.7 Å². The minimum absolute atomic E-state index is 0.298. The van der Waals surface area contributed by atoms with Crippen LogP contribution in [0.2, 0.25) is 0 Å². The largest absolute Gasteiger partial charge is 0.456 e. The summed E-state index contributed by atoms with van der Waals surface area (Å²) in [6, 6.07) is 10.4. The van der Waals surface area contributed by atoms with Crippen LogP contribution in [0, 0.1) is 0 Å². The molecule has 1 heterocycles. The number of nitrogens with one attached hydrogen (secondary N) is 1. The first-order valence-corrected chi connectivity index (χ1v) is 9.19. The van der Waals surface area contributed by atoms with E-state index in [1.54, 1.807) is 53.7 Å². The molecule has 0 saturated heterocycles. The number of nitrogens with zero attached hydrogens (tertiary/aromatic N) is 1. The lowest BCUT2D eigenvalue weighted by Gasteiger charge is -2.23. The van der Waals surface area contributed by atoms with E-state index in [1.165, 1.54) is 12.1 Å². The predicted molar refractivity (Wildman–Crippen MR) is 110 cm³/mol. The molecular formula is C22H26N2O5. The number of aromatic nitrogens is 2. The molecule has 1 aromatic heterocycles. The van der Waals surface area contributed by atoms with Crippen molar-refractivity contribution in [3.05, 3.63) is 57.9 Å². The highest BCUT2D eigenvalue weighted by Crippen LogP contribution is 2.24. The van der Waals surface area contributed by atoms with Crippen LogP contribution >= 0.6 is 0 Å². The molecule has 29 heavy (non-hydrogen) atoms. The van der Waals surface area contributed by atoms with Gasteiger partial charge in [-0.3, -0.25) is 4.79 Å². The van der Waals surface area contributed by atoms with Crippen molar-refractivity contribution < 1.29 is 19.1 Å². The Morgan fingerprint density at radius 3 is 1.93 bits per heavy atom. The smallest absolute Gasteiger partial charge is 0.346 e. The maximum Gasteiger partial charge on any atom is 0.346 e. The zero-order valence-electron chi connectivity index (χ0n) is 17.5. The molecule has 0 aliphatic carbocycles. The van der Waals surface area contributed by atoms with Gasteiger partial charge in [-0.15, -0.1) is 0 Å². The predicted octanol–water partition coefficient (Wildman–Crippen LogP) is 3.50. The van der Waals surface area contributed by atoms with Crippen molar-refractivity contribution in [3.63, 3.8) is 0 Å².